The smallest absolute Gasteiger partial charge is 0.224 e. The fraction of sp³-hybridized carbons (Fsp3) is 0.357. The van der Waals surface area contributed by atoms with E-state index in [0.29, 0.717) is 23.6 Å². The van der Waals surface area contributed by atoms with Crippen molar-refractivity contribution >= 4 is 11.6 Å². The molecule has 2 rings (SSSR count). The summed E-state index contributed by atoms with van der Waals surface area (Å²) in [6.07, 6.45) is 2.77. The molecule has 0 bridgehead atoms. The summed E-state index contributed by atoms with van der Waals surface area (Å²) in [6, 6.07) is 4.48. The molecule has 0 atom stereocenters. The van der Waals surface area contributed by atoms with Gasteiger partial charge in [0.25, 0.3) is 0 Å². The number of rotatable bonds is 3. The normalized spacial score (nSPS) is 13.7. The fourth-order valence-electron chi connectivity index (χ4n) is 1.64. The first-order valence-corrected chi connectivity index (χ1v) is 5.97. The number of amides is 1. The molecule has 3 nitrogen and oxygen atoms in total. The molecule has 1 aliphatic rings. The molecule has 1 amide bonds. The Morgan fingerprint density at radius 2 is 2.28 bits per heavy atom. The number of nitrogens with two attached hydrogens (primary N) is 1. The zero-order valence-corrected chi connectivity index (χ0v) is 10.0. The highest BCUT2D eigenvalue weighted by Gasteiger charge is 2.24. The summed E-state index contributed by atoms with van der Waals surface area (Å²) >= 11 is 0. The summed E-state index contributed by atoms with van der Waals surface area (Å²) in [6.45, 7) is 0.194. The van der Waals surface area contributed by atoms with E-state index in [1.807, 2.05) is 0 Å². The van der Waals surface area contributed by atoms with Crippen LogP contribution in [0.1, 0.15) is 24.8 Å². The number of hydrogen-bond acceptors (Lipinski definition) is 2. The maximum absolute atomic E-state index is 13.6. The van der Waals surface area contributed by atoms with Gasteiger partial charge in [0, 0.05) is 12.1 Å². The number of benzene rings is 1. The Morgan fingerprint density at radius 3 is 2.89 bits per heavy atom. The van der Waals surface area contributed by atoms with Crippen LogP contribution < -0.4 is 11.1 Å². The highest BCUT2D eigenvalue weighted by Crippen LogP contribution is 2.32. The van der Waals surface area contributed by atoms with Crippen molar-refractivity contribution in [2.24, 2.45) is 11.7 Å². The van der Waals surface area contributed by atoms with Crippen LogP contribution in [-0.4, -0.2) is 12.5 Å². The Labute approximate surface area is 106 Å². The first-order valence-electron chi connectivity index (χ1n) is 5.97. The largest absolute Gasteiger partial charge is 0.326 e. The van der Waals surface area contributed by atoms with Crippen LogP contribution in [0.2, 0.25) is 0 Å². The SMILES string of the molecule is NCC#Cc1ccc(NC(=O)CC2CC2)cc1F. The summed E-state index contributed by atoms with van der Waals surface area (Å²) in [5.41, 5.74) is 5.98. The van der Waals surface area contributed by atoms with Crippen molar-refractivity contribution in [3.63, 3.8) is 0 Å². The van der Waals surface area contributed by atoms with Crippen LogP contribution in [-0.2, 0) is 4.79 Å². The lowest BCUT2D eigenvalue weighted by molar-refractivity contribution is -0.116. The lowest BCUT2D eigenvalue weighted by Crippen LogP contribution is -2.12. The summed E-state index contributed by atoms with van der Waals surface area (Å²) in [5, 5.41) is 2.69. The molecule has 3 N–H and O–H groups in total. The van der Waals surface area contributed by atoms with Crippen LogP contribution in [0.25, 0.3) is 0 Å². The van der Waals surface area contributed by atoms with Crippen LogP contribution in [0.15, 0.2) is 18.2 Å². The maximum Gasteiger partial charge on any atom is 0.224 e. The topological polar surface area (TPSA) is 55.1 Å². The summed E-state index contributed by atoms with van der Waals surface area (Å²) < 4.78 is 13.6. The van der Waals surface area contributed by atoms with Gasteiger partial charge in [-0.2, -0.15) is 0 Å². The molecule has 1 aromatic carbocycles. The summed E-state index contributed by atoms with van der Waals surface area (Å²) in [4.78, 5) is 11.6. The number of nitrogens with one attached hydrogen (secondary N) is 1. The Kier molecular flexibility index (Phi) is 3.96. The van der Waals surface area contributed by atoms with Gasteiger partial charge in [0.05, 0.1) is 12.1 Å². The molecule has 94 valence electrons. The van der Waals surface area contributed by atoms with Gasteiger partial charge in [-0.1, -0.05) is 11.8 Å². The number of carbonyl (C=O) groups is 1. The number of carbonyl (C=O) groups excluding carboxylic acids is 1. The fourth-order valence-corrected chi connectivity index (χ4v) is 1.64. The predicted octanol–water partition coefficient (Wildman–Crippen LogP) is 1.87. The number of hydrogen-bond donors (Lipinski definition) is 2. The first-order chi connectivity index (χ1) is 8.69. The maximum atomic E-state index is 13.6. The lowest BCUT2D eigenvalue weighted by atomic mass is 10.2. The van der Waals surface area contributed by atoms with E-state index < -0.39 is 5.82 Å². The monoisotopic (exact) mass is 246 g/mol. The van der Waals surface area contributed by atoms with Gasteiger partial charge in [0.2, 0.25) is 5.91 Å². The molecule has 1 saturated carbocycles. The highest BCUT2D eigenvalue weighted by atomic mass is 19.1. The van der Waals surface area contributed by atoms with E-state index in [1.54, 1.807) is 12.1 Å². The van der Waals surface area contributed by atoms with E-state index in [0.717, 1.165) is 12.8 Å². The van der Waals surface area contributed by atoms with Crippen molar-refractivity contribution in [2.45, 2.75) is 19.3 Å². The minimum atomic E-state index is -0.444. The average molecular weight is 246 g/mol. The van der Waals surface area contributed by atoms with Crippen molar-refractivity contribution in [3.05, 3.63) is 29.6 Å². The third-order valence-corrected chi connectivity index (χ3v) is 2.75. The Hall–Kier alpha value is -1.86. The molecule has 0 spiro atoms. The Bertz CT molecular complexity index is 512. The predicted molar refractivity (Wildman–Crippen MR) is 68.3 cm³/mol. The summed E-state index contributed by atoms with van der Waals surface area (Å²) in [5.74, 6) is 5.24. The molecule has 1 aliphatic carbocycles. The van der Waals surface area contributed by atoms with Gasteiger partial charge in [0.15, 0.2) is 0 Å². The second kappa shape index (κ2) is 5.65. The van der Waals surface area contributed by atoms with E-state index >= 15 is 0 Å². The minimum Gasteiger partial charge on any atom is -0.326 e. The Morgan fingerprint density at radius 1 is 1.50 bits per heavy atom. The van der Waals surface area contributed by atoms with Gasteiger partial charge in [-0.25, -0.2) is 4.39 Å². The van der Waals surface area contributed by atoms with Crippen LogP contribution in [0.5, 0.6) is 0 Å². The molecule has 0 heterocycles. The van der Waals surface area contributed by atoms with E-state index in [4.69, 9.17) is 5.73 Å². The molecule has 0 radical (unpaired) electrons. The standard InChI is InChI=1S/C14H15FN2O/c15-13-9-12(6-5-11(13)2-1-7-16)17-14(18)8-10-3-4-10/h5-6,9-10H,3-4,7-8,16H2,(H,17,18). The zero-order chi connectivity index (χ0) is 13.0. The molecular formula is C14H15FN2O. The number of anilines is 1. The quantitative estimate of drug-likeness (QED) is 0.800. The third-order valence-electron chi connectivity index (χ3n) is 2.75. The van der Waals surface area contributed by atoms with Gasteiger partial charge in [-0.05, 0) is 37.0 Å². The molecule has 0 saturated heterocycles. The summed E-state index contributed by atoms with van der Waals surface area (Å²) in [7, 11) is 0. The van der Waals surface area contributed by atoms with Crippen molar-refractivity contribution in [1.82, 2.24) is 0 Å². The van der Waals surface area contributed by atoms with Crippen LogP contribution in [0.3, 0.4) is 0 Å². The molecule has 4 heteroatoms. The van der Waals surface area contributed by atoms with Crippen molar-refractivity contribution in [2.75, 3.05) is 11.9 Å². The van der Waals surface area contributed by atoms with E-state index in [2.05, 4.69) is 17.2 Å². The van der Waals surface area contributed by atoms with Crippen LogP contribution in [0.4, 0.5) is 10.1 Å². The van der Waals surface area contributed by atoms with Crippen molar-refractivity contribution in [3.8, 4) is 11.8 Å². The van der Waals surface area contributed by atoms with Gasteiger partial charge in [0.1, 0.15) is 5.82 Å². The molecule has 18 heavy (non-hydrogen) atoms. The van der Waals surface area contributed by atoms with Crippen LogP contribution >= 0.6 is 0 Å². The van der Waals surface area contributed by atoms with E-state index in [1.165, 1.54) is 6.07 Å². The number of halogens is 1. The van der Waals surface area contributed by atoms with Crippen molar-refractivity contribution in [1.29, 1.82) is 0 Å². The Balaban J connectivity index is 2.01. The van der Waals surface area contributed by atoms with Gasteiger partial charge < -0.3 is 11.1 Å². The lowest BCUT2D eigenvalue weighted by Gasteiger charge is -2.05. The van der Waals surface area contributed by atoms with Gasteiger partial charge >= 0.3 is 0 Å². The second-order valence-corrected chi connectivity index (χ2v) is 4.40. The molecule has 1 aromatic rings. The average Bonchev–Trinajstić information content (AvgIpc) is 3.12. The van der Waals surface area contributed by atoms with Crippen molar-refractivity contribution < 1.29 is 9.18 Å². The van der Waals surface area contributed by atoms with Crippen LogP contribution in [0, 0.1) is 23.6 Å². The molecule has 0 unspecified atom stereocenters. The third kappa shape index (κ3) is 3.57. The molecule has 0 aliphatic heterocycles. The zero-order valence-electron chi connectivity index (χ0n) is 10.0. The van der Waals surface area contributed by atoms with Gasteiger partial charge in [-0.3, -0.25) is 4.79 Å². The molecule has 0 aromatic heterocycles. The second-order valence-electron chi connectivity index (χ2n) is 4.40. The highest BCUT2D eigenvalue weighted by molar-refractivity contribution is 5.91. The van der Waals surface area contributed by atoms with E-state index in [9.17, 15) is 9.18 Å². The van der Waals surface area contributed by atoms with Gasteiger partial charge in [-0.15, -0.1) is 0 Å². The molecular weight excluding hydrogens is 231 g/mol. The minimum absolute atomic E-state index is 0.0577. The molecule has 1 fully saturated rings. The first kappa shape index (κ1) is 12.6. The van der Waals surface area contributed by atoms with E-state index in [-0.39, 0.29) is 12.5 Å².